The quantitative estimate of drug-likeness (QED) is 0.0262. The van der Waals surface area contributed by atoms with Gasteiger partial charge in [0.2, 0.25) is 0 Å². The van der Waals surface area contributed by atoms with Crippen molar-refractivity contribution in [2.45, 2.75) is 297 Å². The van der Waals surface area contributed by atoms with E-state index in [-0.39, 0.29) is 37.5 Å². The summed E-state index contributed by atoms with van der Waals surface area (Å²) in [4.78, 5) is 38.0. The Bertz CT molecular complexity index is 1140. The number of rotatable bonds is 51. The van der Waals surface area contributed by atoms with E-state index in [2.05, 4.69) is 69.4 Å². The molecule has 378 valence electrons. The molecule has 0 aromatic carbocycles. The van der Waals surface area contributed by atoms with Gasteiger partial charge in [-0.3, -0.25) is 14.4 Å². The summed E-state index contributed by atoms with van der Waals surface area (Å²) in [7, 11) is 0. The number of unbranched alkanes of at least 4 members (excludes halogenated alkanes) is 32. The molecular weight excluding hydrogens is 805 g/mol. The van der Waals surface area contributed by atoms with Crippen LogP contribution in [-0.2, 0) is 28.6 Å². The minimum Gasteiger partial charge on any atom is -0.462 e. The Morgan fingerprint density at radius 2 is 0.585 bits per heavy atom. The molecule has 1 atom stereocenters. The fourth-order valence-corrected chi connectivity index (χ4v) is 8.03. The Hall–Kier alpha value is -2.63. The van der Waals surface area contributed by atoms with Gasteiger partial charge in [-0.1, -0.05) is 249 Å². The van der Waals surface area contributed by atoms with E-state index in [1.807, 2.05) is 0 Å². The van der Waals surface area contributed by atoms with Crippen LogP contribution < -0.4 is 0 Å². The Balaban J connectivity index is 4.35. The molecule has 0 aliphatic carbocycles. The van der Waals surface area contributed by atoms with Crippen LogP contribution in [0.15, 0.2) is 48.6 Å². The molecule has 0 heterocycles. The van der Waals surface area contributed by atoms with Gasteiger partial charge in [-0.15, -0.1) is 0 Å². The van der Waals surface area contributed by atoms with Gasteiger partial charge in [-0.05, 0) is 70.6 Å². The van der Waals surface area contributed by atoms with E-state index in [9.17, 15) is 14.4 Å². The van der Waals surface area contributed by atoms with E-state index in [4.69, 9.17) is 14.2 Å². The van der Waals surface area contributed by atoms with E-state index < -0.39 is 6.10 Å². The van der Waals surface area contributed by atoms with Gasteiger partial charge in [-0.2, -0.15) is 0 Å². The summed E-state index contributed by atoms with van der Waals surface area (Å²) < 4.78 is 16.8. The third kappa shape index (κ3) is 52.2. The molecular formula is C59H106O6. The molecule has 0 amide bonds. The Morgan fingerprint density at radius 1 is 0.308 bits per heavy atom. The predicted octanol–water partition coefficient (Wildman–Crippen LogP) is 18.7. The first-order valence-corrected chi connectivity index (χ1v) is 28.1. The van der Waals surface area contributed by atoms with Crippen LogP contribution in [0.25, 0.3) is 0 Å². The zero-order valence-electron chi connectivity index (χ0n) is 43.3. The molecule has 0 aromatic rings. The van der Waals surface area contributed by atoms with Crippen molar-refractivity contribution in [1.82, 2.24) is 0 Å². The predicted molar refractivity (Wildman–Crippen MR) is 279 cm³/mol. The normalized spacial score (nSPS) is 12.4. The second kappa shape index (κ2) is 54.0. The van der Waals surface area contributed by atoms with Crippen molar-refractivity contribution in [3.8, 4) is 0 Å². The molecule has 0 aliphatic heterocycles. The highest BCUT2D eigenvalue weighted by Crippen LogP contribution is 2.16. The fraction of sp³-hybridized carbons (Fsp3) is 0.814. The monoisotopic (exact) mass is 911 g/mol. The third-order valence-electron chi connectivity index (χ3n) is 12.3. The van der Waals surface area contributed by atoms with Crippen LogP contribution in [-0.4, -0.2) is 37.2 Å². The second-order valence-corrected chi connectivity index (χ2v) is 18.8. The highest BCUT2D eigenvalue weighted by atomic mass is 16.6. The van der Waals surface area contributed by atoms with Gasteiger partial charge in [0.05, 0.1) is 0 Å². The van der Waals surface area contributed by atoms with Gasteiger partial charge in [0.15, 0.2) is 6.10 Å². The number of hydrogen-bond donors (Lipinski definition) is 0. The van der Waals surface area contributed by atoms with Crippen molar-refractivity contribution in [3.05, 3.63) is 48.6 Å². The van der Waals surface area contributed by atoms with Crippen LogP contribution in [0, 0.1) is 0 Å². The summed E-state index contributed by atoms with van der Waals surface area (Å²) in [6.07, 6.45) is 65.4. The lowest BCUT2D eigenvalue weighted by Gasteiger charge is -2.18. The topological polar surface area (TPSA) is 78.9 Å². The molecule has 0 fully saturated rings. The summed E-state index contributed by atoms with van der Waals surface area (Å²) in [5.41, 5.74) is 0. The lowest BCUT2D eigenvalue weighted by atomic mass is 10.0. The fourth-order valence-electron chi connectivity index (χ4n) is 8.03. The molecule has 0 rings (SSSR count). The highest BCUT2D eigenvalue weighted by Gasteiger charge is 2.19. The molecule has 0 radical (unpaired) electrons. The lowest BCUT2D eigenvalue weighted by Crippen LogP contribution is -2.30. The number of allylic oxidation sites excluding steroid dienone is 8. The zero-order chi connectivity index (χ0) is 47.2. The first-order valence-electron chi connectivity index (χ1n) is 28.1. The smallest absolute Gasteiger partial charge is 0.306 e. The Labute approximate surface area is 403 Å². The highest BCUT2D eigenvalue weighted by molar-refractivity contribution is 5.71. The van der Waals surface area contributed by atoms with Gasteiger partial charge in [0.25, 0.3) is 0 Å². The summed E-state index contributed by atoms with van der Waals surface area (Å²) in [5, 5.41) is 0. The molecule has 6 nitrogen and oxygen atoms in total. The molecule has 0 bridgehead atoms. The Morgan fingerprint density at radius 3 is 0.985 bits per heavy atom. The van der Waals surface area contributed by atoms with Crippen molar-refractivity contribution in [2.75, 3.05) is 13.2 Å². The number of ether oxygens (including phenoxy) is 3. The maximum atomic E-state index is 12.8. The van der Waals surface area contributed by atoms with Gasteiger partial charge >= 0.3 is 17.9 Å². The van der Waals surface area contributed by atoms with Gasteiger partial charge in [-0.25, -0.2) is 0 Å². The van der Waals surface area contributed by atoms with Crippen LogP contribution in [0.5, 0.6) is 0 Å². The minimum absolute atomic E-state index is 0.0894. The molecule has 0 saturated heterocycles. The lowest BCUT2D eigenvalue weighted by molar-refractivity contribution is -0.167. The first-order chi connectivity index (χ1) is 32.0. The molecule has 0 saturated carbocycles. The minimum atomic E-state index is -0.794. The summed E-state index contributed by atoms with van der Waals surface area (Å²) in [5.74, 6) is -0.943. The largest absolute Gasteiger partial charge is 0.462 e. The molecule has 0 aliphatic rings. The van der Waals surface area contributed by atoms with Crippen LogP contribution in [0.1, 0.15) is 290 Å². The molecule has 0 unspecified atom stereocenters. The second-order valence-electron chi connectivity index (χ2n) is 18.8. The molecule has 0 spiro atoms. The number of carbonyl (C=O) groups is 3. The van der Waals surface area contributed by atoms with Crippen LogP contribution in [0.2, 0.25) is 0 Å². The first kappa shape index (κ1) is 62.4. The van der Waals surface area contributed by atoms with E-state index in [1.54, 1.807) is 0 Å². The number of carbonyl (C=O) groups excluding carboxylic acids is 3. The third-order valence-corrected chi connectivity index (χ3v) is 12.3. The van der Waals surface area contributed by atoms with Crippen molar-refractivity contribution in [2.24, 2.45) is 0 Å². The maximum absolute atomic E-state index is 12.8. The number of esters is 3. The molecule has 0 aromatic heterocycles. The van der Waals surface area contributed by atoms with Crippen LogP contribution in [0.3, 0.4) is 0 Å². The van der Waals surface area contributed by atoms with E-state index >= 15 is 0 Å². The Kier molecular flexibility index (Phi) is 51.8. The average molecular weight is 911 g/mol. The average Bonchev–Trinajstić information content (AvgIpc) is 3.30. The van der Waals surface area contributed by atoms with Crippen molar-refractivity contribution in [1.29, 1.82) is 0 Å². The van der Waals surface area contributed by atoms with Gasteiger partial charge in [0, 0.05) is 19.3 Å². The summed E-state index contributed by atoms with van der Waals surface area (Å²) >= 11 is 0. The number of hydrogen-bond acceptors (Lipinski definition) is 6. The van der Waals surface area contributed by atoms with Crippen LogP contribution >= 0.6 is 0 Å². The molecule has 65 heavy (non-hydrogen) atoms. The zero-order valence-corrected chi connectivity index (χ0v) is 43.3. The van der Waals surface area contributed by atoms with Gasteiger partial charge in [0.1, 0.15) is 13.2 Å². The van der Waals surface area contributed by atoms with E-state index in [1.165, 1.54) is 173 Å². The maximum Gasteiger partial charge on any atom is 0.306 e. The molecule has 0 N–H and O–H groups in total. The standard InChI is InChI=1S/C59H106O6/c1-4-7-10-13-16-19-22-24-26-28-29-31-33-35-38-40-43-46-49-52-58(61)64-55-56(65-59(62)53-50-47-44-41-36-21-18-15-12-9-6-3)54-63-57(60)51-48-45-42-39-37-34-32-30-27-25-23-20-17-14-11-8-5-2/h15,18,25,27,32,34,39,42,56H,4-14,16-17,19-24,26,28-31,33,35-38,40-41,43-55H2,1-3H3/b18-15-,27-25-,34-32-,42-39-/t56-/m1/s1. The van der Waals surface area contributed by atoms with E-state index in [0.717, 1.165) is 70.6 Å². The van der Waals surface area contributed by atoms with Gasteiger partial charge < -0.3 is 14.2 Å². The van der Waals surface area contributed by atoms with Crippen molar-refractivity contribution in [3.63, 3.8) is 0 Å². The molecule has 6 heteroatoms. The SMILES string of the molecule is CCCC/C=C\CCCCCCCC(=O)O[C@H](COC(=O)CCC/C=C\C/C=C\C/C=C\CCCCCCCC)COC(=O)CCCCCCCCCCCCCCCCCCCCC. The summed E-state index contributed by atoms with van der Waals surface area (Å²) in [6.45, 7) is 6.57. The van der Waals surface area contributed by atoms with Crippen molar-refractivity contribution < 1.29 is 28.6 Å². The van der Waals surface area contributed by atoms with Crippen molar-refractivity contribution >= 4 is 17.9 Å². The summed E-state index contributed by atoms with van der Waals surface area (Å²) in [6, 6.07) is 0. The van der Waals surface area contributed by atoms with Crippen LogP contribution in [0.4, 0.5) is 0 Å². The van der Waals surface area contributed by atoms with E-state index in [0.29, 0.717) is 19.3 Å².